The summed E-state index contributed by atoms with van der Waals surface area (Å²) >= 11 is 0. The normalized spacial score (nSPS) is 22.7. The molecule has 0 spiro atoms. The fourth-order valence-electron chi connectivity index (χ4n) is 2.76. The van der Waals surface area contributed by atoms with Crippen molar-refractivity contribution in [1.82, 2.24) is 10.0 Å². The predicted molar refractivity (Wildman–Crippen MR) is 82.0 cm³/mol. The summed E-state index contributed by atoms with van der Waals surface area (Å²) in [6, 6.07) is 9.36. The highest BCUT2D eigenvalue weighted by molar-refractivity contribution is 7.88. The predicted octanol–water partition coefficient (Wildman–Crippen LogP) is 1.51. The lowest BCUT2D eigenvalue weighted by Crippen LogP contribution is -2.41. The van der Waals surface area contributed by atoms with E-state index in [4.69, 9.17) is 5.26 Å². The average Bonchev–Trinajstić information content (AvgIpc) is 2.47. The van der Waals surface area contributed by atoms with Crippen molar-refractivity contribution in [2.75, 3.05) is 7.05 Å². The summed E-state index contributed by atoms with van der Waals surface area (Å²) in [5, 5.41) is 12.2. The molecule has 1 aromatic carbocycles. The van der Waals surface area contributed by atoms with Gasteiger partial charge in [0, 0.05) is 12.1 Å². The van der Waals surface area contributed by atoms with Crippen LogP contribution >= 0.6 is 0 Å². The zero-order chi connectivity index (χ0) is 15.3. The molecule has 0 amide bonds. The molecule has 0 atom stereocenters. The van der Waals surface area contributed by atoms with Crippen LogP contribution in [0.15, 0.2) is 24.3 Å². The van der Waals surface area contributed by atoms with Gasteiger partial charge in [0.15, 0.2) is 0 Å². The van der Waals surface area contributed by atoms with Gasteiger partial charge in [-0.2, -0.15) is 5.26 Å². The molecule has 21 heavy (non-hydrogen) atoms. The van der Waals surface area contributed by atoms with E-state index in [2.05, 4.69) is 10.0 Å². The van der Waals surface area contributed by atoms with Gasteiger partial charge in [0.25, 0.3) is 0 Å². The Hall–Kier alpha value is -1.42. The quantitative estimate of drug-likeness (QED) is 0.864. The van der Waals surface area contributed by atoms with E-state index in [1.807, 2.05) is 13.1 Å². The Bertz CT molecular complexity index is 614. The van der Waals surface area contributed by atoms with E-state index in [1.165, 1.54) is 0 Å². The van der Waals surface area contributed by atoms with E-state index in [1.54, 1.807) is 24.3 Å². The Morgan fingerprint density at radius 2 is 1.81 bits per heavy atom. The van der Waals surface area contributed by atoms with E-state index < -0.39 is 10.0 Å². The van der Waals surface area contributed by atoms with Gasteiger partial charge in [-0.1, -0.05) is 18.2 Å². The summed E-state index contributed by atoms with van der Waals surface area (Å²) in [5.74, 6) is -0.136. The van der Waals surface area contributed by atoms with Crippen LogP contribution in [0.3, 0.4) is 0 Å². The minimum atomic E-state index is -3.41. The molecule has 6 heteroatoms. The maximum absolute atomic E-state index is 12.3. The highest BCUT2D eigenvalue weighted by atomic mass is 32.2. The fraction of sp³-hybridized carbons (Fsp3) is 0.533. The molecule has 1 aliphatic carbocycles. The average molecular weight is 307 g/mol. The van der Waals surface area contributed by atoms with Gasteiger partial charge in [-0.3, -0.25) is 0 Å². The minimum Gasteiger partial charge on any atom is -0.317 e. The maximum atomic E-state index is 12.3. The van der Waals surface area contributed by atoms with Crippen LogP contribution in [0.25, 0.3) is 0 Å². The highest BCUT2D eigenvalue weighted by Crippen LogP contribution is 2.20. The maximum Gasteiger partial charge on any atom is 0.216 e. The summed E-state index contributed by atoms with van der Waals surface area (Å²) in [6.07, 6.45) is 3.67. The molecule has 1 aliphatic rings. The molecule has 1 aromatic rings. The van der Waals surface area contributed by atoms with Crippen molar-refractivity contribution in [3.8, 4) is 6.07 Å². The molecular weight excluding hydrogens is 286 g/mol. The molecule has 5 nitrogen and oxygen atoms in total. The number of sulfonamides is 1. The first kappa shape index (κ1) is 16.0. The molecular formula is C15H21N3O2S. The number of benzene rings is 1. The lowest BCUT2D eigenvalue weighted by Gasteiger charge is -2.28. The zero-order valence-electron chi connectivity index (χ0n) is 12.2. The Morgan fingerprint density at radius 3 is 2.43 bits per heavy atom. The van der Waals surface area contributed by atoms with Crippen molar-refractivity contribution >= 4 is 10.0 Å². The molecule has 2 rings (SSSR count). The standard InChI is InChI=1S/C15H21N3O2S/c1-17-14-6-8-15(9-7-14)18-21(19,20)11-13-5-3-2-4-12(13)10-16/h2-5,14-15,17-18H,6-9,11H2,1H3. The van der Waals surface area contributed by atoms with E-state index in [0.29, 0.717) is 17.2 Å². The third-order valence-electron chi connectivity index (χ3n) is 3.96. The van der Waals surface area contributed by atoms with Gasteiger partial charge in [0.1, 0.15) is 0 Å². The van der Waals surface area contributed by atoms with Gasteiger partial charge in [-0.05, 0) is 44.4 Å². The van der Waals surface area contributed by atoms with Crippen LogP contribution in [0.4, 0.5) is 0 Å². The number of nitrogens with one attached hydrogen (secondary N) is 2. The van der Waals surface area contributed by atoms with Crippen molar-refractivity contribution in [1.29, 1.82) is 5.26 Å². The van der Waals surface area contributed by atoms with E-state index in [9.17, 15) is 8.42 Å². The number of nitriles is 1. The molecule has 0 radical (unpaired) electrons. The SMILES string of the molecule is CNC1CCC(NS(=O)(=O)Cc2ccccc2C#N)CC1. The van der Waals surface area contributed by atoms with Gasteiger partial charge in [-0.25, -0.2) is 13.1 Å². The number of nitrogens with zero attached hydrogens (tertiary/aromatic N) is 1. The van der Waals surface area contributed by atoms with E-state index in [-0.39, 0.29) is 11.8 Å². The van der Waals surface area contributed by atoms with Crippen LogP contribution in [-0.4, -0.2) is 27.5 Å². The van der Waals surface area contributed by atoms with Crippen LogP contribution in [0.5, 0.6) is 0 Å². The van der Waals surface area contributed by atoms with Crippen LogP contribution in [0.1, 0.15) is 36.8 Å². The third kappa shape index (κ3) is 4.53. The van der Waals surface area contributed by atoms with Crippen molar-refractivity contribution in [2.24, 2.45) is 0 Å². The molecule has 0 heterocycles. The second-order valence-electron chi connectivity index (χ2n) is 5.48. The van der Waals surface area contributed by atoms with Crippen LogP contribution in [0, 0.1) is 11.3 Å². The van der Waals surface area contributed by atoms with Crippen LogP contribution in [-0.2, 0) is 15.8 Å². The molecule has 0 bridgehead atoms. The lowest BCUT2D eigenvalue weighted by molar-refractivity contribution is 0.342. The van der Waals surface area contributed by atoms with Crippen molar-refractivity contribution in [2.45, 2.75) is 43.5 Å². The fourth-order valence-corrected chi connectivity index (χ4v) is 4.24. The molecule has 0 unspecified atom stereocenters. The first-order chi connectivity index (χ1) is 10.0. The van der Waals surface area contributed by atoms with Crippen LogP contribution < -0.4 is 10.0 Å². The monoisotopic (exact) mass is 307 g/mol. The second-order valence-corrected chi connectivity index (χ2v) is 7.24. The number of rotatable bonds is 5. The molecule has 114 valence electrons. The van der Waals surface area contributed by atoms with Gasteiger partial charge in [-0.15, -0.1) is 0 Å². The van der Waals surface area contributed by atoms with Crippen LogP contribution in [0.2, 0.25) is 0 Å². The minimum absolute atomic E-state index is 0.00819. The number of hydrogen-bond acceptors (Lipinski definition) is 4. The topological polar surface area (TPSA) is 82.0 Å². The summed E-state index contributed by atoms with van der Waals surface area (Å²) in [6.45, 7) is 0. The summed E-state index contributed by atoms with van der Waals surface area (Å²) in [7, 11) is -1.47. The Morgan fingerprint density at radius 1 is 1.19 bits per heavy atom. The molecule has 0 aromatic heterocycles. The first-order valence-electron chi connectivity index (χ1n) is 7.19. The summed E-state index contributed by atoms with van der Waals surface area (Å²) in [4.78, 5) is 0. The van der Waals surface area contributed by atoms with Gasteiger partial charge in [0.2, 0.25) is 10.0 Å². The van der Waals surface area contributed by atoms with Gasteiger partial charge < -0.3 is 5.32 Å². The van der Waals surface area contributed by atoms with Crippen molar-refractivity contribution < 1.29 is 8.42 Å². The smallest absolute Gasteiger partial charge is 0.216 e. The van der Waals surface area contributed by atoms with Crippen molar-refractivity contribution in [3.05, 3.63) is 35.4 Å². The third-order valence-corrected chi connectivity index (χ3v) is 5.35. The largest absolute Gasteiger partial charge is 0.317 e. The Balaban J connectivity index is 1.98. The van der Waals surface area contributed by atoms with Gasteiger partial charge in [0.05, 0.1) is 17.4 Å². The molecule has 1 fully saturated rings. The summed E-state index contributed by atoms with van der Waals surface area (Å²) in [5.41, 5.74) is 0.971. The van der Waals surface area contributed by atoms with Crippen molar-refractivity contribution in [3.63, 3.8) is 0 Å². The summed E-state index contributed by atoms with van der Waals surface area (Å²) < 4.78 is 27.3. The second kappa shape index (κ2) is 7.03. The molecule has 0 aliphatic heterocycles. The Kier molecular flexibility index (Phi) is 5.34. The number of hydrogen-bond donors (Lipinski definition) is 2. The van der Waals surface area contributed by atoms with Gasteiger partial charge >= 0.3 is 0 Å². The Labute approximate surface area is 126 Å². The van der Waals surface area contributed by atoms with E-state index >= 15 is 0 Å². The molecule has 2 N–H and O–H groups in total. The zero-order valence-corrected chi connectivity index (χ0v) is 13.0. The lowest BCUT2D eigenvalue weighted by atomic mass is 9.92. The molecule has 1 saturated carbocycles. The first-order valence-corrected chi connectivity index (χ1v) is 8.84. The molecule has 0 saturated heterocycles. The highest BCUT2D eigenvalue weighted by Gasteiger charge is 2.24. The van der Waals surface area contributed by atoms with E-state index in [0.717, 1.165) is 25.7 Å².